The number of aryl methyl sites for hydroxylation is 1. The number of urea groups is 1. The predicted octanol–water partition coefficient (Wildman–Crippen LogP) is 2.46. The van der Waals surface area contributed by atoms with Crippen LogP contribution in [-0.4, -0.2) is 35.1 Å². The van der Waals surface area contributed by atoms with Crippen LogP contribution in [0.1, 0.15) is 18.4 Å². The number of rotatable bonds is 2. The molecule has 5 nitrogen and oxygen atoms in total. The van der Waals surface area contributed by atoms with Crippen LogP contribution in [0.15, 0.2) is 18.2 Å². The van der Waals surface area contributed by atoms with Crippen molar-refractivity contribution in [2.45, 2.75) is 19.8 Å². The molecular weight excluding hydrogens is 263 g/mol. The van der Waals surface area contributed by atoms with Gasteiger partial charge in [-0.25, -0.2) is 9.18 Å². The Labute approximate surface area is 116 Å². The van der Waals surface area contributed by atoms with Crippen molar-refractivity contribution in [2.24, 2.45) is 5.92 Å². The molecule has 1 aromatic rings. The second-order valence-electron chi connectivity index (χ2n) is 4.96. The second kappa shape index (κ2) is 5.90. The number of likely N-dealkylation sites (tertiary alicyclic amines) is 1. The maximum Gasteiger partial charge on any atom is 0.321 e. The van der Waals surface area contributed by atoms with Crippen LogP contribution in [0.25, 0.3) is 0 Å². The molecule has 0 bridgehead atoms. The number of carboxylic acids is 1. The minimum absolute atomic E-state index is 0.179. The Kier molecular flexibility index (Phi) is 4.22. The molecule has 1 fully saturated rings. The number of para-hydroxylation sites is 1. The van der Waals surface area contributed by atoms with Gasteiger partial charge in [-0.3, -0.25) is 4.79 Å². The molecule has 0 spiro atoms. The van der Waals surface area contributed by atoms with Crippen molar-refractivity contribution < 1.29 is 19.1 Å². The number of benzene rings is 1. The summed E-state index contributed by atoms with van der Waals surface area (Å²) in [5.74, 6) is -1.69. The van der Waals surface area contributed by atoms with Crippen molar-refractivity contribution in [3.8, 4) is 0 Å². The van der Waals surface area contributed by atoms with Crippen molar-refractivity contribution >= 4 is 17.7 Å². The van der Waals surface area contributed by atoms with Crippen LogP contribution in [0, 0.1) is 18.7 Å². The number of carbonyl (C=O) groups excluding carboxylic acids is 1. The summed E-state index contributed by atoms with van der Waals surface area (Å²) >= 11 is 0. The van der Waals surface area contributed by atoms with Gasteiger partial charge in [-0.15, -0.1) is 0 Å². The van der Waals surface area contributed by atoms with Gasteiger partial charge in [-0.1, -0.05) is 12.1 Å². The standard InChI is InChI=1S/C14H17FN2O3/c1-9-3-2-4-11(15)12(9)16-14(20)17-7-5-10(6-8-17)13(18)19/h2-4,10H,5-8H2,1H3,(H,16,20)(H,18,19). The highest BCUT2D eigenvalue weighted by Crippen LogP contribution is 2.21. The van der Waals surface area contributed by atoms with Gasteiger partial charge in [-0.05, 0) is 31.4 Å². The third-order valence-corrected chi connectivity index (χ3v) is 3.59. The molecule has 0 saturated carbocycles. The number of amides is 2. The minimum atomic E-state index is -0.824. The van der Waals surface area contributed by atoms with Gasteiger partial charge >= 0.3 is 12.0 Å². The molecule has 6 heteroatoms. The van der Waals surface area contributed by atoms with Gasteiger partial charge in [0, 0.05) is 13.1 Å². The molecule has 2 rings (SSSR count). The lowest BCUT2D eigenvalue weighted by Gasteiger charge is -2.30. The normalized spacial score (nSPS) is 16.0. The molecule has 1 aliphatic heterocycles. The first-order chi connectivity index (χ1) is 9.49. The third-order valence-electron chi connectivity index (χ3n) is 3.59. The summed E-state index contributed by atoms with van der Waals surface area (Å²) < 4.78 is 13.6. The van der Waals surface area contributed by atoms with E-state index in [1.807, 2.05) is 0 Å². The number of nitrogens with zero attached hydrogens (tertiary/aromatic N) is 1. The van der Waals surface area contributed by atoms with Crippen LogP contribution in [0.2, 0.25) is 0 Å². The average Bonchev–Trinajstić information content (AvgIpc) is 2.43. The Morgan fingerprint density at radius 2 is 2.00 bits per heavy atom. The Hall–Kier alpha value is -2.11. The van der Waals surface area contributed by atoms with Gasteiger partial charge in [0.15, 0.2) is 0 Å². The van der Waals surface area contributed by atoms with E-state index in [2.05, 4.69) is 5.32 Å². The highest BCUT2D eigenvalue weighted by atomic mass is 19.1. The largest absolute Gasteiger partial charge is 0.481 e. The fourth-order valence-electron chi connectivity index (χ4n) is 2.31. The Balaban J connectivity index is 1.98. The fourth-order valence-corrected chi connectivity index (χ4v) is 2.31. The number of carbonyl (C=O) groups is 2. The zero-order valence-electron chi connectivity index (χ0n) is 11.2. The predicted molar refractivity (Wildman–Crippen MR) is 72.1 cm³/mol. The maximum absolute atomic E-state index is 13.6. The highest BCUT2D eigenvalue weighted by molar-refractivity contribution is 5.90. The van der Waals surface area contributed by atoms with Gasteiger partial charge in [0.2, 0.25) is 0 Å². The first-order valence-electron chi connectivity index (χ1n) is 6.53. The Morgan fingerprint density at radius 1 is 1.35 bits per heavy atom. The van der Waals surface area contributed by atoms with E-state index >= 15 is 0 Å². The Morgan fingerprint density at radius 3 is 2.55 bits per heavy atom. The highest BCUT2D eigenvalue weighted by Gasteiger charge is 2.27. The lowest BCUT2D eigenvalue weighted by molar-refractivity contribution is -0.143. The van der Waals surface area contributed by atoms with Crippen LogP contribution in [-0.2, 0) is 4.79 Å². The molecule has 1 heterocycles. The first kappa shape index (κ1) is 14.3. The van der Waals surface area contributed by atoms with Crippen molar-refractivity contribution in [1.29, 1.82) is 0 Å². The van der Waals surface area contributed by atoms with Crippen molar-refractivity contribution in [3.63, 3.8) is 0 Å². The van der Waals surface area contributed by atoms with Crippen LogP contribution in [0.5, 0.6) is 0 Å². The molecule has 2 N–H and O–H groups in total. The van der Waals surface area contributed by atoms with Gasteiger partial charge in [0.25, 0.3) is 0 Å². The molecule has 0 unspecified atom stereocenters. The molecule has 20 heavy (non-hydrogen) atoms. The second-order valence-corrected chi connectivity index (χ2v) is 4.96. The Bertz CT molecular complexity index is 505. The van der Waals surface area contributed by atoms with Crippen LogP contribution in [0.4, 0.5) is 14.9 Å². The number of aliphatic carboxylic acids is 1. The van der Waals surface area contributed by atoms with Crippen molar-refractivity contribution in [3.05, 3.63) is 29.6 Å². The lowest BCUT2D eigenvalue weighted by atomic mass is 9.97. The van der Waals surface area contributed by atoms with E-state index in [9.17, 15) is 14.0 Å². The third kappa shape index (κ3) is 3.07. The molecular formula is C14H17FN2O3. The van der Waals surface area contributed by atoms with E-state index in [1.165, 1.54) is 11.0 Å². The van der Waals surface area contributed by atoms with E-state index in [1.54, 1.807) is 19.1 Å². The average molecular weight is 280 g/mol. The monoisotopic (exact) mass is 280 g/mol. The summed E-state index contributed by atoms with van der Waals surface area (Å²) in [5.41, 5.74) is 0.830. The van der Waals surface area contributed by atoms with E-state index in [-0.39, 0.29) is 11.7 Å². The van der Waals surface area contributed by atoms with Crippen molar-refractivity contribution in [2.75, 3.05) is 18.4 Å². The molecule has 0 radical (unpaired) electrons. The van der Waals surface area contributed by atoms with Crippen LogP contribution in [0.3, 0.4) is 0 Å². The quantitative estimate of drug-likeness (QED) is 0.874. The first-order valence-corrected chi connectivity index (χ1v) is 6.53. The van der Waals surface area contributed by atoms with E-state index in [4.69, 9.17) is 5.11 Å². The minimum Gasteiger partial charge on any atom is -0.481 e. The molecule has 0 atom stereocenters. The smallest absolute Gasteiger partial charge is 0.321 e. The molecule has 0 aliphatic carbocycles. The molecule has 1 saturated heterocycles. The number of halogens is 1. The summed E-state index contributed by atoms with van der Waals surface area (Å²) in [5, 5.41) is 11.5. The zero-order chi connectivity index (χ0) is 14.7. The zero-order valence-corrected chi connectivity index (χ0v) is 11.2. The molecule has 108 valence electrons. The SMILES string of the molecule is Cc1cccc(F)c1NC(=O)N1CCC(C(=O)O)CC1. The summed E-state index contributed by atoms with van der Waals surface area (Å²) in [7, 11) is 0. The number of nitrogens with one attached hydrogen (secondary N) is 1. The van der Waals surface area contributed by atoms with Gasteiger partial charge in [0.1, 0.15) is 5.82 Å². The van der Waals surface area contributed by atoms with Crippen molar-refractivity contribution in [1.82, 2.24) is 4.90 Å². The summed E-state index contributed by atoms with van der Waals surface area (Å²) in [6, 6.07) is 4.20. The summed E-state index contributed by atoms with van der Waals surface area (Å²) in [4.78, 5) is 24.4. The van der Waals surface area contributed by atoms with Gasteiger partial charge in [0.05, 0.1) is 11.6 Å². The fraction of sp³-hybridized carbons (Fsp3) is 0.429. The molecule has 1 aliphatic rings. The van der Waals surface area contributed by atoms with Gasteiger partial charge < -0.3 is 15.3 Å². The van der Waals surface area contributed by atoms with Crippen LogP contribution < -0.4 is 5.32 Å². The van der Waals surface area contributed by atoms with E-state index in [0.29, 0.717) is 31.5 Å². The molecule has 0 aromatic heterocycles. The topological polar surface area (TPSA) is 69.6 Å². The van der Waals surface area contributed by atoms with E-state index < -0.39 is 17.7 Å². The number of hydrogen-bond acceptors (Lipinski definition) is 2. The van der Waals surface area contributed by atoms with Crippen LogP contribution >= 0.6 is 0 Å². The maximum atomic E-state index is 13.6. The molecule has 2 amide bonds. The van der Waals surface area contributed by atoms with Gasteiger partial charge in [-0.2, -0.15) is 0 Å². The van der Waals surface area contributed by atoms with E-state index in [0.717, 1.165) is 0 Å². The number of anilines is 1. The number of carboxylic acid groups (broad SMARTS) is 1. The number of piperidine rings is 1. The molecule has 1 aromatic carbocycles. The lowest BCUT2D eigenvalue weighted by Crippen LogP contribution is -2.42. The summed E-state index contributed by atoms with van der Waals surface area (Å²) in [6.45, 7) is 2.46. The summed E-state index contributed by atoms with van der Waals surface area (Å²) in [6.07, 6.45) is 0.859. The number of hydrogen-bond donors (Lipinski definition) is 2.